The fourth-order valence-electron chi connectivity index (χ4n) is 3.37. The van der Waals surface area contributed by atoms with Crippen molar-refractivity contribution in [2.45, 2.75) is 25.9 Å². The highest BCUT2D eigenvalue weighted by Gasteiger charge is 2.28. The van der Waals surface area contributed by atoms with Crippen molar-refractivity contribution in [2.24, 2.45) is 5.92 Å². The van der Waals surface area contributed by atoms with Gasteiger partial charge in [0.2, 0.25) is 0 Å². The summed E-state index contributed by atoms with van der Waals surface area (Å²) in [7, 11) is 0. The minimum atomic E-state index is -0.343. The van der Waals surface area contributed by atoms with Crippen molar-refractivity contribution in [1.82, 2.24) is 4.90 Å². The second-order valence-corrected chi connectivity index (χ2v) is 6.61. The normalized spacial score (nSPS) is 16.5. The van der Waals surface area contributed by atoms with Gasteiger partial charge in [0.05, 0.1) is 11.7 Å². The third kappa shape index (κ3) is 3.80. The van der Waals surface area contributed by atoms with E-state index in [2.05, 4.69) is 0 Å². The van der Waals surface area contributed by atoms with Crippen LogP contribution in [-0.4, -0.2) is 40.9 Å². The van der Waals surface area contributed by atoms with E-state index in [1.165, 1.54) is 0 Å². The number of piperidine rings is 1. The van der Waals surface area contributed by atoms with Crippen molar-refractivity contribution >= 4 is 11.7 Å². The van der Waals surface area contributed by atoms with Gasteiger partial charge in [0.1, 0.15) is 0 Å². The van der Waals surface area contributed by atoms with Gasteiger partial charge in [-0.25, -0.2) is 0 Å². The Morgan fingerprint density at radius 1 is 0.960 bits per heavy atom. The van der Waals surface area contributed by atoms with Crippen LogP contribution in [0.3, 0.4) is 0 Å². The van der Waals surface area contributed by atoms with E-state index in [4.69, 9.17) is 0 Å². The van der Waals surface area contributed by atoms with Gasteiger partial charge >= 0.3 is 0 Å². The van der Waals surface area contributed by atoms with Crippen LogP contribution in [0.25, 0.3) is 0 Å². The second-order valence-electron chi connectivity index (χ2n) is 6.61. The van der Waals surface area contributed by atoms with Crippen LogP contribution in [0.2, 0.25) is 0 Å². The minimum Gasteiger partial charge on any atom is -0.393 e. The molecule has 1 N–H and O–H groups in total. The molecular weight excluding hydrogens is 314 g/mol. The zero-order valence-electron chi connectivity index (χ0n) is 14.4. The lowest BCUT2D eigenvalue weighted by molar-refractivity contribution is 0.0520. The zero-order valence-corrected chi connectivity index (χ0v) is 14.4. The molecule has 1 amide bonds. The number of nitrogens with zero attached hydrogens (tertiary/aromatic N) is 1. The maximum atomic E-state index is 12.9. The maximum absolute atomic E-state index is 12.9. The molecule has 0 radical (unpaired) electrons. The van der Waals surface area contributed by atoms with Gasteiger partial charge in [-0.1, -0.05) is 48.5 Å². The first kappa shape index (κ1) is 17.4. The highest BCUT2D eigenvalue weighted by atomic mass is 16.3. The number of benzene rings is 2. The second kappa shape index (κ2) is 7.62. The van der Waals surface area contributed by atoms with Crippen LogP contribution in [0, 0.1) is 5.92 Å². The maximum Gasteiger partial charge on any atom is 0.254 e. The monoisotopic (exact) mass is 337 g/mol. The van der Waals surface area contributed by atoms with Crippen molar-refractivity contribution in [3.8, 4) is 0 Å². The number of carbonyl (C=O) groups excluding carboxylic acids is 2. The van der Waals surface area contributed by atoms with Crippen LogP contribution in [0.4, 0.5) is 0 Å². The lowest BCUT2D eigenvalue weighted by Crippen LogP contribution is -2.41. The molecule has 1 heterocycles. The third-order valence-corrected chi connectivity index (χ3v) is 4.95. The third-order valence-electron chi connectivity index (χ3n) is 4.95. The van der Waals surface area contributed by atoms with E-state index >= 15 is 0 Å². The van der Waals surface area contributed by atoms with E-state index in [0.29, 0.717) is 29.8 Å². The van der Waals surface area contributed by atoms with Crippen molar-refractivity contribution < 1.29 is 14.7 Å². The molecule has 130 valence electrons. The molecule has 2 aromatic carbocycles. The van der Waals surface area contributed by atoms with Gasteiger partial charge < -0.3 is 10.0 Å². The van der Waals surface area contributed by atoms with Gasteiger partial charge in [0.25, 0.3) is 5.91 Å². The topological polar surface area (TPSA) is 57.6 Å². The number of ketones is 1. The molecule has 1 fully saturated rings. The molecule has 0 saturated carbocycles. The summed E-state index contributed by atoms with van der Waals surface area (Å²) in [4.78, 5) is 27.5. The first-order valence-electron chi connectivity index (χ1n) is 8.74. The SMILES string of the molecule is CC(O)C1CCN(C(=O)c2ccccc2C(=O)c2ccccc2)CC1. The van der Waals surface area contributed by atoms with Gasteiger partial charge in [-0.05, 0) is 31.7 Å². The average Bonchev–Trinajstić information content (AvgIpc) is 2.67. The Bertz CT molecular complexity index is 747. The van der Waals surface area contributed by atoms with Gasteiger partial charge in [-0.15, -0.1) is 0 Å². The Hall–Kier alpha value is -2.46. The van der Waals surface area contributed by atoms with Crippen LogP contribution < -0.4 is 0 Å². The highest BCUT2D eigenvalue weighted by molar-refractivity contribution is 6.15. The predicted octanol–water partition coefficient (Wildman–Crippen LogP) is 3.15. The summed E-state index contributed by atoms with van der Waals surface area (Å²) < 4.78 is 0. The summed E-state index contributed by atoms with van der Waals surface area (Å²) in [5, 5.41) is 9.71. The van der Waals surface area contributed by atoms with E-state index < -0.39 is 0 Å². The van der Waals surface area contributed by atoms with Gasteiger partial charge in [-0.2, -0.15) is 0 Å². The molecule has 0 aromatic heterocycles. The number of rotatable bonds is 4. The standard InChI is InChI=1S/C21H23NO3/c1-15(23)16-11-13-22(14-12-16)21(25)19-10-6-5-9-18(19)20(24)17-7-3-2-4-8-17/h2-10,15-16,23H,11-14H2,1H3. The number of carbonyl (C=O) groups is 2. The van der Waals surface area contributed by atoms with Crippen molar-refractivity contribution in [1.29, 1.82) is 0 Å². The van der Waals surface area contributed by atoms with Crippen LogP contribution in [0.15, 0.2) is 54.6 Å². The van der Waals surface area contributed by atoms with E-state index in [1.807, 2.05) is 18.2 Å². The molecule has 1 aliphatic heterocycles. The van der Waals surface area contributed by atoms with Crippen LogP contribution in [0.1, 0.15) is 46.0 Å². The van der Waals surface area contributed by atoms with E-state index in [1.54, 1.807) is 48.2 Å². The summed E-state index contributed by atoms with van der Waals surface area (Å²) in [5.74, 6) is -0.00224. The molecule has 0 bridgehead atoms. The Morgan fingerprint density at radius 3 is 2.12 bits per heavy atom. The fourth-order valence-corrected chi connectivity index (χ4v) is 3.37. The Labute approximate surface area is 148 Å². The van der Waals surface area contributed by atoms with Crippen LogP contribution in [0.5, 0.6) is 0 Å². The zero-order chi connectivity index (χ0) is 17.8. The number of hydrogen-bond donors (Lipinski definition) is 1. The summed E-state index contributed by atoms with van der Waals surface area (Å²) in [6, 6.07) is 16.0. The quantitative estimate of drug-likeness (QED) is 0.872. The minimum absolute atomic E-state index is 0.107. The number of hydrogen-bond acceptors (Lipinski definition) is 3. The molecule has 1 saturated heterocycles. The molecule has 1 aliphatic rings. The van der Waals surface area contributed by atoms with Crippen molar-refractivity contribution in [3.63, 3.8) is 0 Å². The Kier molecular flexibility index (Phi) is 5.29. The summed E-state index contributed by atoms with van der Waals surface area (Å²) >= 11 is 0. The summed E-state index contributed by atoms with van der Waals surface area (Å²) in [5.41, 5.74) is 1.47. The molecular formula is C21H23NO3. The molecule has 4 nitrogen and oxygen atoms in total. The molecule has 0 spiro atoms. The molecule has 25 heavy (non-hydrogen) atoms. The number of amides is 1. The first-order valence-corrected chi connectivity index (χ1v) is 8.74. The lowest BCUT2D eigenvalue weighted by Gasteiger charge is -2.33. The fraction of sp³-hybridized carbons (Fsp3) is 0.333. The predicted molar refractivity (Wildman–Crippen MR) is 96.6 cm³/mol. The lowest BCUT2D eigenvalue weighted by atomic mass is 9.91. The molecule has 4 heteroatoms. The molecule has 2 aromatic rings. The van der Waals surface area contributed by atoms with Crippen LogP contribution >= 0.6 is 0 Å². The number of aliphatic hydroxyl groups excluding tert-OH is 1. The number of likely N-dealkylation sites (tertiary alicyclic amines) is 1. The Morgan fingerprint density at radius 2 is 1.52 bits per heavy atom. The van der Waals surface area contributed by atoms with Crippen LogP contribution in [-0.2, 0) is 0 Å². The summed E-state index contributed by atoms with van der Waals surface area (Å²) in [6.45, 7) is 3.03. The van der Waals surface area contributed by atoms with E-state index in [0.717, 1.165) is 12.8 Å². The molecule has 1 atom stereocenters. The van der Waals surface area contributed by atoms with Gasteiger partial charge in [0.15, 0.2) is 5.78 Å². The average molecular weight is 337 g/mol. The largest absolute Gasteiger partial charge is 0.393 e. The van der Waals surface area contributed by atoms with E-state index in [9.17, 15) is 14.7 Å². The molecule has 3 rings (SSSR count). The van der Waals surface area contributed by atoms with Gasteiger partial charge in [-0.3, -0.25) is 9.59 Å². The van der Waals surface area contributed by atoms with E-state index in [-0.39, 0.29) is 23.7 Å². The summed E-state index contributed by atoms with van der Waals surface area (Å²) in [6.07, 6.45) is 1.24. The Balaban J connectivity index is 1.81. The smallest absolute Gasteiger partial charge is 0.254 e. The highest BCUT2D eigenvalue weighted by Crippen LogP contribution is 2.23. The molecule has 0 aliphatic carbocycles. The van der Waals surface area contributed by atoms with Crippen molar-refractivity contribution in [2.75, 3.05) is 13.1 Å². The van der Waals surface area contributed by atoms with Crippen molar-refractivity contribution in [3.05, 3.63) is 71.3 Å². The molecule has 1 unspecified atom stereocenters. The van der Waals surface area contributed by atoms with Gasteiger partial charge in [0, 0.05) is 24.2 Å². The number of aliphatic hydroxyl groups is 1. The first-order chi connectivity index (χ1) is 12.1.